The van der Waals surface area contributed by atoms with E-state index < -0.39 is 5.91 Å². The Labute approximate surface area is 154 Å². The number of benzene rings is 1. The Morgan fingerprint density at radius 1 is 1.31 bits per heavy atom. The standard InChI is InChI=1S/C20H24N4O2/c1-6-23(7-2)18-9-8-16(19(12-18)26-5)11-17(13-21)20(25)24-15(4)10-14(3)22-24/h8-12H,6-7H2,1-5H3/b17-11+. The minimum Gasteiger partial charge on any atom is -0.496 e. The number of allylic oxidation sites excluding steroid dienone is 1. The Balaban J connectivity index is 2.44. The SMILES string of the molecule is CCN(CC)c1ccc(/C=C(\C#N)C(=O)n2nc(C)cc2C)c(OC)c1. The van der Waals surface area contributed by atoms with E-state index in [0.717, 1.165) is 24.5 Å². The number of nitrogens with zero attached hydrogens (tertiary/aromatic N) is 4. The van der Waals surface area contributed by atoms with Gasteiger partial charge in [-0.1, -0.05) is 0 Å². The van der Waals surface area contributed by atoms with Gasteiger partial charge in [-0.05, 0) is 52.0 Å². The van der Waals surface area contributed by atoms with E-state index in [2.05, 4.69) is 23.8 Å². The molecule has 0 saturated heterocycles. The van der Waals surface area contributed by atoms with Crippen LogP contribution in [0.5, 0.6) is 5.75 Å². The average molecular weight is 352 g/mol. The van der Waals surface area contributed by atoms with Crippen LogP contribution in [0.3, 0.4) is 0 Å². The molecule has 0 aliphatic carbocycles. The van der Waals surface area contributed by atoms with Crippen molar-refractivity contribution >= 4 is 17.7 Å². The van der Waals surface area contributed by atoms with Gasteiger partial charge in [0.05, 0.1) is 12.8 Å². The molecule has 0 radical (unpaired) electrons. The third kappa shape index (κ3) is 3.94. The second-order valence-electron chi connectivity index (χ2n) is 5.91. The van der Waals surface area contributed by atoms with E-state index >= 15 is 0 Å². The molecule has 2 aromatic rings. The first-order valence-electron chi connectivity index (χ1n) is 8.57. The van der Waals surface area contributed by atoms with Crippen molar-refractivity contribution in [3.8, 4) is 11.8 Å². The predicted octanol–water partition coefficient (Wildman–Crippen LogP) is 3.60. The van der Waals surface area contributed by atoms with E-state index in [1.54, 1.807) is 26.2 Å². The van der Waals surface area contributed by atoms with E-state index in [1.807, 2.05) is 31.2 Å². The molecule has 136 valence electrons. The molecule has 0 aliphatic heterocycles. The van der Waals surface area contributed by atoms with Gasteiger partial charge in [-0.3, -0.25) is 4.79 Å². The number of aromatic nitrogens is 2. The number of hydrogen-bond acceptors (Lipinski definition) is 5. The maximum Gasteiger partial charge on any atom is 0.289 e. The zero-order valence-corrected chi connectivity index (χ0v) is 15.9. The minimum absolute atomic E-state index is 0.00471. The van der Waals surface area contributed by atoms with E-state index in [-0.39, 0.29) is 5.57 Å². The highest BCUT2D eigenvalue weighted by atomic mass is 16.5. The molecule has 0 aliphatic rings. The van der Waals surface area contributed by atoms with Crippen molar-refractivity contribution < 1.29 is 9.53 Å². The average Bonchev–Trinajstić information content (AvgIpc) is 2.98. The van der Waals surface area contributed by atoms with Gasteiger partial charge in [0.2, 0.25) is 0 Å². The number of carbonyl (C=O) groups is 1. The maximum absolute atomic E-state index is 12.6. The molecule has 2 rings (SSSR count). The molecule has 1 aromatic heterocycles. The van der Waals surface area contributed by atoms with Crippen LogP contribution in [0.2, 0.25) is 0 Å². The van der Waals surface area contributed by atoms with Gasteiger partial charge in [-0.15, -0.1) is 0 Å². The van der Waals surface area contributed by atoms with Crippen LogP contribution in [0.25, 0.3) is 6.08 Å². The van der Waals surface area contributed by atoms with Crippen molar-refractivity contribution in [2.75, 3.05) is 25.1 Å². The fraction of sp³-hybridized carbons (Fsp3) is 0.350. The quantitative estimate of drug-likeness (QED) is 0.587. The largest absolute Gasteiger partial charge is 0.496 e. The van der Waals surface area contributed by atoms with Crippen LogP contribution in [0.1, 0.15) is 35.6 Å². The molecule has 0 fully saturated rings. The lowest BCUT2D eigenvalue weighted by Crippen LogP contribution is -2.21. The molecule has 26 heavy (non-hydrogen) atoms. The topological polar surface area (TPSA) is 71.2 Å². The minimum atomic E-state index is -0.451. The van der Waals surface area contributed by atoms with Gasteiger partial charge in [0.25, 0.3) is 5.91 Å². The molecule has 1 heterocycles. The first kappa shape index (κ1) is 19.3. The number of ether oxygens (including phenoxy) is 1. The van der Waals surface area contributed by atoms with E-state index in [4.69, 9.17) is 4.74 Å². The van der Waals surface area contributed by atoms with Crippen molar-refractivity contribution in [2.24, 2.45) is 0 Å². The Hall–Kier alpha value is -3.07. The Bertz CT molecular complexity index is 870. The van der Waals surface area contributed by atoms with Crippen LogP contribution in [0, 0.1) is 25.2 Å². The van der Waals surface area contributed by atoms with Gasteiger partial charge in [0, 0.05) is 36.1 Å². The molecule has 6 nitrogen and oxygen atoms in total. The summed E-state index contributed by atoms with van der Waals surface area (Å²) >= 11 is 0. The summed E-state index contributed by atoms with van der Waals surface area (Å²) in [6.45, 7) is 9.53. The normalized spacial score (nSPS) is 11.2. The molecule has 0 unspecified atom stereocenters. The maximum atomic E-state index is 12.6. The van der Waals surface area contributed by atoms with Crippen LogP contribution >= 0.6 is 0 Å². The third-order valence-electron chi connectivity index (χ3n) is 4.20. The zero-order valence-electron chi connectivity index (χ0n) is 15.9. The molecular formula is C20H24N4O2. The number of carbonyl (C=O) groups excluding carboxylic acids is 1. The third-order valence-corrected chi connectivity index (χ3v) is 4.20. The van der Waals surface area contributed by atoms with Crippen molar-refractivity contribution in [1.29, 1.82) is 5.26 Å². The van der Waals surface area contributed by atoms with Crippen LogP contribution in [-0.2, 0) is 0 Å². The summed E-state index contributed by atoms with van der Waals surface area (Å²) in [4.78, 5) is 14.8. The fourth-order valence-corrected chi connectivity index (χ4v) is 2.85. The summed E-state index contributed by atoms with van der Waals surface area (Å²) in [5.74, 6) is 0.163. The zero-order chi connectivity index (χ0) is 19.3. The summed E-state index contributed by atoms with van der Waals surface area (Å²) in [5, 5.41) is 13.6. The predicted molar refractivity (Wildman–Crippen MR) is 102 cm³/mol. The lowest BCUT2D eigenvalue weighted by Gasteiger charge is -2.22. The number of aryl methyl sites for hydroxylation is 2. The highest BCUT2D eigenvalue weighted by Gasteiger charge is 2.17. The van der Waals surface area contributed by atoms with Crippen LogP contribution in [0.15, 0.2) is 29.8 Å². The Morgan fingerprint density at radius 2 is 2.00 bits per heavy atom. The monoisotopic (exact) mass is 352 g/mol. The molecule has 0 N–H and O–H groups in total. The molecule has 0 atom stereocenters. The molecule has 0 bridgehead atoms. The van der Waals surface area contributed by atoms with Gasteiger partial charge < -0.3 is 9.64 Å². The van der Waals surface area contributed by atoms with Crippen LogP contribution in [0.4, 0.5) is 5.69 Å². The highest BCUT2D eigenvalue weighted by molar-refractivity contribution is 6.03. The van der Waals surface area contributed by atoms with Crippen LogP contribution in [-0.4, -0.2) is 35.9 Å². The summed E-state index contributed by atoms with van der Waals surface area (Å²) in [7, 11) is 1.58. The summed E-state index contributed by atoms with van der Waals surface area (Å²) in [5.41, 5.74) is 3.14. The van der Waals surface area contributed by atoms with Crippen LogP contribution < -0.4 is 9.64 Å². The number of hydrogen-bond donors (Lipinski definition) is 0. The number of rotatable bonds is 6. The fourth-order valence-electron chi connectivity index (χ4n) is 2.85. The molecule has 0 amide bonds. The molecular weight excluding hydrogens is 328 g/mol. The smallest absolute Gasteiger partial charge is 0.289 e. The van der Waals surface area contributed by atoms with Gasteiger partial charge >= 0.3 is 0 Å². The van der Waals surface area contributed by atoms with Crippen molar-refractivity contribution in [1.82, 2.24) is 9.78 Å². The van der Waals surface area contributed by atoms with Crippen molar-refractivity contribution in [3.63, 3.8) is 0 Å². The number of nitriles is 1. The van der Waals surface area contributed by atoms with Gasteiger partial charge in [0.1, 0.15) is 17.4 Å². The van der Waals surface area contributed by atoms with E-state index in [0.29, 0.717) is 17.0 Å². The summed E-state index contributed by atoms with van der Waals surface area (Å²) < 4.78 is 6.72. The van der Waals surface area contributed by atoms with Crippen molar-refractivity contribution in [3.05, 3.63) is 46.8 Å². The lowest BCUT2D eigenvalue weighted by molar-refractivity contribution is 0.0944. The molecule has 1 aromatic carbocycles. The first-order valence-corrected chi connectivity index (χ1v) is 8.57. The Kier molecular flexibility index (Phi) is 6.18. The van der Waals surface area contributed by atoms with Gasteiger partial charge in [0.15, 0.2) is 0 Å². The van der Waals surface area contributed by atoms with Gasteiger partial charge in [-0.25, -0.2) is 4.68 Å². The molecule has 0 spiro atoms. The second-order valence-corrected chi connectivity index (χ2v) is 5.91. The van der Waals surface area contributed by atoms with Crippen molar-refractivity contribution in [2.45, 2.75) is 27.7 Å². The second kappa shape index (κ2) is 8.34. The summed E-state index contributed by atoms with van der Waals surface area (Å²) in [6.07, 6.45) is 1.55. The Morgan fingerprint density at radius 3 is 2.50 bits per heavy atom. The van der Waals surface area contributed by atoms with E-state index in [9.17, 15) is 10.1 Å². The van der Waals surface area contributed by atoms with Gasteiger partial charge in [-0.2, -0.15) is 10.4 Å². The molecule has 0 saturated carbocycles. The lowest BCUT2D eigenvalue weighted by atomic mass is 10.1. The molecule has 6 heteroatoms. The summed E-state index contributed by atoms with van der Waals surface area (Å²) in [6, 6.07) is 9.52. The highest BCUT2D eigenvalue weighted by Crippen LogP contribution is 2.27. The number of anilines is 1. The number of methoxy groups -OCH3 is 1. The first-order chi connectivity index (χ1) is 12.4. The van der Waals surface area contributed by atoms with E-state index in [1.165, 1.54) is 4.68 Å².